The minimum atomic E-state index is 0.0915. The third-order valence-corrected chi connectivity index (χ3v) is 3.54. The van der Waals surface area contributed by atoms with Crippen LogP contribution in [0.2, 0.25) is 0 Å². The molecule has 0 bridgehead atoms. The van der Waals surface area contributed by atoms with Crippen molar-refractivity contribution in [2.75, 3.05) is 18.0 Å². The highest BCUT2D eigenvalue weighted by molar-refractivity contribution is 5.95. The topological polar surface area (TPSA) is 49.4 Å². The van der Waals surface area contributed by atoms with Crippen LogP contribution < -0.4 is 10.2 Å². The molecule has 2 rings (SSSR count). The number of hydrogen-bond donors (Lipinski definition) is 1. The summed E-state index contributed by atoms with van der Waals surface area (Å²) in [6.07, 6.45) is 1.45. The van der Waals surface area contributed by atoms with Gasteiger partial charge < -0.3 is 10.2 Å². The van der Waals surface area contributed by atoms with Gasteiger partial charge in [0.05, 0.1) is 0 Å². The van der Waals surface area contributed by atoms with Crippen molar-refractivity contribution < 1.29 is 9.59 Å². The number of benzene rings is 1. The van der Waals surface area contributed by atoms with E-state index < -0.39 is 0 Å². The van der Waals surface area contributed by atoms with Crippen molar-refractivity contribution in [2.45, 2.75) is 39.7 Å². The number of fused-ring (bicyclic) bond motifs is 1. The van der Waals surface area contributed by atoms with Gasteiger partial charge in [-0.1, -0.05) is 0 Å². The average molecular weight is 274 g/mol. The minimum absolute atomic E-state index is 0.0915. The summed E-state index contributed by atoms with van der Waals surface area (Å²) in [7, 11) is 0. The number of amides is 1. The lowest BCUT2D eigenvalue weighted by molar-refractivity contribution is -0.121. The number of nitrogens with one attached hydrogen (secondary N) is 1. The summed E-state index contributed by atoms with van der Waals surface area (Å²) in [6.45, 7) is 7.17. The van der Waals surface area contributed by atoms with E-state index in [0.717, 1.165) is 30.8 Å². The van der Waals surface area contributed by atoms with Crippen LogP contribution in [0.15, 0.2) is 18.2 Å². The van der Waals surface area contributed by atoms with Crippen LogP contribution in [0.5, 0.6) is 0 Å². The van der Waals surface area contributed by atoms with E-state index in [2.05, 4.69) is 10.2 Å². The fourth-order valence-corrected chi connectivity index (χ4v) is 2.55. The molecule has 1 aliphatic heterocycles. The van der Waals surface area contributed by atoms with Crippen LogP contribution in [0, 0.1) is 0 Å². The Balaban J connectivity index is 1.98. The van der Waals surface area contributed by atoms with Gasteiger partial charge in [-0.05, 0) is 51.0 Å². The number of nitrogens with zero attached hydrogens (tertiary/aromatic N) is 1. The zero-order chi connectivity index (χ0) is 14.7. The van der Waals surface area contributed by atoms with Gasteiger partial charge in [0.2, 0.25) is 5.91 Å². The first kappa shape index (κ1) is 14.6. The van der Waals surface area contributed by atoms with Crippen molar-refractivity contribution in [3.8, 4) is 0 Å². The van der Waals surface area contributed by atoms with Crippen molar-refractivity contribution in [1.29, 1.82) is 0 Å². The van der Waals surface area contributed by atoms with Crippen molar-refractivity contribution in [3.63, 3.8) is 0 Å². The molecule has 0 aliphatic carbocycles. The van der Waals surface area contributed by atoms with Gasteiger partial charge in [0.15, 0.2) is 5.78 Å². The minimum Gasteiger partial charge on any atom is -0.370 e. The molecule has 108 valence electrons. The summed E-state index contributed by atoms with van der Waals surface area (Å²) in [5.41, 5.74) is 3.14. The molecular formula is C16H22N2O2. The van der Waals surface area contributed by atoms with Crippen molar-refractivity contribution >= 4 is 17.4 Å². The molecular weight excluding hydrogens is 252 g/mol. The quantitative estimate of drug-likeness (QED) is 0.837. The Morgan fingerprint density at radius 1 is 1.35 bits per heavy atom. The molecule has 1 aromatic rings. The number of carbonyl (C=O) groups excluding carboxylic acids is 2. The summed E-state index contributed by atoms with van der Waals surface area (Å²) in [5, 5.41) is 2.90. The van der Waals surface area contributed by atoms with Gasteiger partial charge in [-0.2, -0.15) is 0 Å². The number of anilines is 1. The van der Waals surface area contributed by atoms with Crippen LogP contribution >= 0.6 is 0 Å². The van der Waals surface area contributed by atoms with Crippen LogP contribution in [0.25, 0.3) is 0 Å². The van der Waals surface area contributed by atoms with E-state index in [9.17, 15) is 9.59 Å². The molecule has 1 N–H and O–H groups in total. The molecule has 1 heterocycles. The Morgan fingerprint density at radius 2 is 2.10 bits per heavy atom. The number of rotatable bonds is 5. The summed E-state index contributed by atoms with van der Waals surface area (Å²) in [4.78, 5) is 25.3. The van der Waals surface area contributed by atoms with Crippen molar-refractivity contribution in [3.05, 3.63) is 29.3 Å². The van der Waals surface area contributed by atoms with Gasteiger partial charge in [-0.15, -0.1) is 0 Å². The number of ketones is 1. The van der Waals surface area contributed by atoms with Crippen LogP contribution in [0.1, 0.15) is 43.1 Å². The molecule has 1 aliphatic rings. The first-order valence-corrected chi connectivity index (χ1v) is 7.15. The van der Waals surface area contributed by atoms with Gasteiger partial charge in [0.25, 0.3) is 0 Å². The smallest absolute Gasteiger partial charge is 0.221 e. The molecule has 0 atom stereocenters. The lowest BCUT2D eigenvalue weighted by atomic mass is 10.1. The van der Waals surface area contributed by atoms with E-state index in [1.165, 1.54) is 5.56 Å². The first-order valence-electron chi connectivity index (χ1n) is 7.15. The number of Topliss-reactive ketones (excluding diaryl/α,β-unsaturated/α-hetero) is 1. The van der Waals surface area contributed by atoms with Crippen LogP contribution in [-0.2, 0) is 11.2 Å². The van der Waals surface area contributed by atoms with Crippen LogP contribution in [0.3, 0.4) is 0 Å². The largest absolute Gasteiger partial charge is 0.370 e. The normalized spacial score (nSPS) is 13.5. The first-order chi connectivity index (χ1) is 9.47. The molecule has 0 radical (unpaired) electrons. The molecule has 0 saturated carbocycles. The fourth-order valence-electron chi connectivity index (χ4n) is 2.55. The van der Waals surface area contributed by atoms with Crippen molar-refractivity contribution in [1.82, 2.24) is 5.32 Å². The lowest BCUT2D eigenvalue weighted by Crippen LogP contribution is -2.33. The average Bonchev–Trinajstić information content (AvgIpc) is 2.77. The standard InChI is InChI=1S/C16H22N2O2/c1-11(2)17-16(20)7-9-18-8-6-14-10-13(12(3)19)4-5-15(14)18/h4-5,10-11H,6-9H2,1-3H3,(H,17,20). The Hall–Kier alpha value is -1.84. The lowest BCUT2D eigenvalue weighted by Gasteiger charge is -2.19. The van der Waals surface area contributed by atoms with Gasteiger partial charge in [-0.25, -0.2) is 0 Å². The summed E-state index contributed by atoms with van der Waals surface area (Å²) < 4.78 is 0. The maximum atomic E-state index is 11.7. The number of hydrogen-bond acceptors (Lipinski definition) is 3. The van der Waals surface area contributed by atoms with Gasteiger partial charge in [0, 0.05) is 36.8 Å². The summed E-state index contributed by atoms with van der Waals surface area (Å²) in [6, 6.07) is 6.03. The van der Waals surface area contributed by atoms with Crippen LogP contribution in [0.4, 0.5) is 5.69 Å². The van der Waals surface area contributed by atoms with E-state index in [4.69, 9.17) is 0 Å². The van der Waals surface area contributed by atoms with E-state index >= 15 is 0 Å². The van der Waals surface area contributed by atoms with E-state index in [1.807, 2.05) is 32.0 Å². The predicted octanol–water partition coefficient (Wildman–Crippen LogP) is 2.17. The molecule has 1 amide bonds. The summed E-state index contributed by atoms with van der Waals surface area (Å²) >= 11 is 0. The maximum Gasteiger partial charge on any atom is 0.221 e. The summed E-state index contributed by atoms with van der Waals surface area (Å²) in [5.74, 6) is 0.191. The van der Waals surface area contributed by atoms with Gasteiger partial charge in [0.1, 0.15) is 0 Å². The monoisotopic (exact) mass is 274 g/mol. The van der Waals surface area contributed by atoms with E-state index in [-0.39, 0.29) is 17.7 Å². The number of carbonyl (C=O) groups is 2. The second kappa shape index (κ2) is 6.07. The Kier molecular flexibility index (Phi) is 4.42. The SMILES string of the molecule is CC(=O)c1ccc2c(c1)CCN2CCC(=O)NC(C)C. The molecule has 1 aromatic carbocycles. The highest BCUT2D eigenvalue weighted by atomic mass is 16.1. The molecule has 0 spiro atoms. The highest BCUT2D eigenvalue weighted by Crippen LogP contribution is 2.29. The molecule has 20 heavy (non-hydrogen) atoms. The van der Waals surface area contributed by atoms with E-state index in [0.29, 0.717) is 6.42 Å². The molecule has 4 heteroatoms. The molecule has 4 nitrogen and oxygen atoms in total. The molecule has 0 unspecified atom stereocenters. The Bertz CT molecular complexity index is 523. The molecule has 0 fully saturated rings. The van der Waals surface area contributed by atoms with Gasteiger partial charge >= 0.3 is 0 Å². The Labute approximate surface area is 120 Å². The van der Waals surface area contributed by atoms with Crippen molar-refractivity contribution in [2.24, 2.45) is 0 Å². The second-order valence-electron chi connectivity index (χ2n) is 5.61. The fraction of sp³-hybridized carbons (Fsp3) is 0.500. The molecule has 0 saturated heterocycles. The van der Waals surface area contributed by atoms with E-state index in [1.54, 1.807) is 6.92 Å². The molecule has 0 aromatic heterocycles. The zero-order valence-corrected chi connectivity index (χ0v) is 12.4. The second-order valence-corrected chi connectivity index (χ2v) is 5.61. The maximum absolute atomic E-state index is 11.7. The third-order valence-electron chi connectivity index (χ3n) is 3.54. The predicted molar refractivity (Wildman–Crippen MR) is 80.3 cm³/mol. The highest BCUT2D eigenvalue weighted by Gasteiger charge is 2.20. The third kappa shape index (κ3) is 3.38. The van der Waals surface area contributed by atoms with Crippen LogP contribution in [-0.4, -0.2) is 30.8 Å². The Morgan fingerprint density at radius 3 is 2.75 bits per heavy atom. The zero-order valence-electron chi connectivity index (χ0n) is 12.4. The van der Waals surface area contributed by atoms with Gasteiger partial charge in [-0.3, -0.25) is 9.59 Å².